The molecule has 14 heavy (non-hydrogen) atoms. The van der Waals surface area contributed by atoms with E-state index in [9.17, 15) is 4.79 Å². The Morgan fingerprint density at radius 1 is 1.57 bits per heavy atom. The molecular formula is C11H12O2S. The Labute approximate surface area is 87.2 Å². The van der Waals surface area contributed by atoms with Crippen LogP contribution in [0.4, 0.5) is 0 Å². The van der Waals surface area contributed by atoms with E-state index in [1.807, 2.05) is 17.5 Å². The molecule has 0 unspecified atom stereocenters. The van der Waals surface area contributed by atoms with Crippen LogP contribution < -0.4 is 0 Å². The largest absolute Gasteiger partial charge is 0.501 e. The average molecular weight is 208 g/mol. The molecule has 1 aliphatic heterocycles. The summed E-state index contributed by atoms with van der Waals surface area (Å²) in [6.07, 6.45) is 3.97. The zero-order valence-corrected chi connectivity index (χ0v) is 8.68. The molecule has 0 aromatic carbocycles. The fraction of sp³-hybridized carbons (Fsp3) is 0.364. The molecule has 1 aromatic rings. The Kier molecular flexibility index (Phi) is 2.99. The fourth-order valence-electron chi connectivity index (χ4n) is 1.45. The van der Waals surface area contributed by atoms with E-state index in [1.165, 1.54) is 0 Å². The second-order valence-corrected chi connectivity index (χ2v) is 4.33. The van der Waals surface area contributed by atoms with Gasteiger partial charge in [0.25, 0.3) is 0 Å². The van der Waals surface area contributed by atoms with Crippen molar-refractivity contribution in [2.45, 2.75) is 19.3 Å². The molecule has 0 saturated carbocycles. The smallest absolute Gasteiger partial charge is 0.167 e. The van der Waals surface area contributed by atoms with Gasteiger partial charge in [0, 0.05) is 16.9 Å². The number of carbonyl (C=O) groups is 1. The molecule has 0 spiro atoms. The molecule has 2 rings (SSSR count). The van der Waals surface area contributed by atoms with E-state index >= 15 is 0 Å². The average Bonchev–Trinajstić information content (AvgIpc) is 2.72. The number of hydrogen-bond acceptors (Lipinski definition) is 3. The minimum Gasteiger partial charge on any atom is -0.501 e. The Bertz CT molecular complexity index is 338. The van der Waals surface area contributed by atoms with Gasteiger partial charge in [-0.15, -0.1) is 11.3 Å². The van der Waals surface area contributed by atoms with Gasteiger partial charge >= 0.3 is 0 Å². The predicted molar refractivity (Wildman–Crippen MR) is 56.3 cm³/mol. The summed E-state index contributed by atoms with van der Waals surface area (Å²) in [4.78, 5) is 12.9. The van der Waals surface area contributed by atoms with Crippen LogP contribution in [-0.2, 0) is 16.0 Å². The molecule has 0 radical (unpaired) electrons. The van der Waals surface area contributed by atoms with Crippen LogP contribution in [-0.4, -0.2) is 12.4 Å². The van der Waals surface area contributed by atoms with Gasteiger partial charge in [-0.2, -0.15) is 0 Å². The van der Waals surface area contributed by atoms with Crippen LogP contribution >= 0.6 is 11.3 Å². The van der Waals surface area contributed by atoms with Crippen molar-refractivity contribution in [1.82, 2.24) is 0 Å². The topological polar surface area (TPSA) is 26.3 Å². The molecule has 0 saturated heterocycles. The highest BCUT2D eigenvalue weighted by atomic mass is 32.1. The van der Waals surface area contributed by atoms with E-state index in [-0.39, 0.29) is 5.78 Å². The van der Waals surface area contributed by atoms with Crippen molar-refractivity contribution in [2.75, 3.05) is 6.61 Å². The van der Waals surface area contributed by atoms with Gasteiger partial charge in [-0.05, 0) is 24.3 Å². The molecule has 0 atom stereocenters. The van der Waals surface area contributed by atoms with Crippen LogP contribution in [0.1, 0.15) is 17.7 Å². The van der Waals surface area contributed by atoms with Crippen LogP contribution in [0.5, 0.6) is 0 Å². The first kappa shape index (κ1) is 9.46. The fourth-order valence-corrected chi connectivity index (χ4v) is 2.16. The second kappa shape index (κ2) is 4.42. The highest BCUT2D eigenvalue weighted by Crippen LogP contribution is 2.17. The number of carbonyl (C=O) groups excluding carboxylic acids is 1. The third kappa shape index (κ3) is 2.23. The van der Waals surface area contributed by atoms with Crippen molar-refractivity contribution < 1.29 is 9.53 Å². The van der Waals surface area contributed by atoms with Gasteiger partial charge in [-0.25, -0.2) is 0 Å². The summed E-state index contributed by atoms with van der Waals surface area (Å²) in [6.45, 7) is 0.746. The quantitative estimate of drug-likeness (QED) is 0.763. The van der Waals surface area contributed by atoms with Gasteiger partial charge in [0.1, 0.15) is 0 Å². The molecule has 0 N–H and O–H groups in total. The molecule has 3 heteroatoms. The van der Waals surface area contributed by atoms with Crippen molar-refractivity contribution in [3.8, 4) is 0 Å². The number of rotatable bonds is 3. The summed E-state index contributed by atoms with van der Waals surface area (Å²) in [7, 11) is 0. The number of ether oxygens (including phenoxy) is 1. The van der Waals surface area contributed by atoms with E-state index in [0.29, 0.717) is 6.42 Å². The molecule has 2 heterocycles. The molecule has 1 aliphatic rings. The molecule has 74 valence electrons. The van der Waals surface area contributed by atoms with Crippen LogP contribution in [0.2, 0.25) is 0 Å². The third-order valence-corrected chi connectivity index (χ3v) is 3.08. The van der Waals surface area contributed by atoms with E-state index in [0.717, 1.165) is 29.9 Å². The van der Waals surface area contributed by atoms with E-state index in [1.54, 1.807) is 17.6 Å². The minimum atomic E-state index is 0.201. The van der Waals surface area contributed by atoms with Crippen molar-refractivity contribution in [3.05, 3.63) is 34.2 Å². The third-order valence-electron chi connectivity index (χ3n) is 2.21. The zero-order chi connectivity index (χ0) is 9.80. The predicted octanol–water partition coefficient (Wildman–Crippen LogP) is 2.55. The molecule has 0 bridgehead atoms. The number of hydrogen-bond donors (Lipinski definition) is 0. The Hall–Kier alpha value is -1.09. The van der Waals surface area contributed by atoms with Gasteiger partial charge in [0.2, 0.25) is 0 Å². The number of thiophene rings is 1. The first-order valence-corrected chi connectivity index (χ1v) is 5.60. The Morgan fingerprint density at radius 2 is 2.50 bits per heavy atom. The summed E-state index contributed by atoms with van der Waals surface area (Å²) in [6, 6.07) is 3.96. The second-order valence-electron chi connectivity index (χ2n) is 3.30. The highest BCUT2D eigenvalue weighted by molar-refractivity contribution is 7.10. The lowest BCUT2D eigenvalue weighted by Crippen LogP contribution is -2.10. The van der Waals surface area contributed by atoms with E-state index in [4.69, 9.17) is 4.74 Å². The lowest BCUT2D eigenvalue weighted by atomic mass is 10.0. The first-order valence-electron chi connectivity index (χ1n) is 4.72. The van der Waals surface area contributed by atoms with Crippen molar-refractivity contribution in [3.63, 3.8) is 0 Å². The Balaban J connectivity index is 1.98. The molecule has 0 fully saturated rings. The van der Waals surface area contributed by atoms with Crippen molar-refractivity contribution in [2.24, 2.45) is 0 Å². The van der Waals surface area contributed by atoms with Crippen LogP contribution in [0, 0.1) is 0 Å². The number of allylic oxidation sites excluding steroid dienone is 1. The lowest BCUT2D eigenvalue weighted by molar-refractivity contribution is -0.115. The van der Waals surface area contributed by atoms with E-state index in [2.05, 4.69) is 0 Å². The summed E-state index contributed by atoms with van der Waals surface area (Å²) in [5, 5.41) is 1.99. The van der Waals surface area contributed by atoms with Crippen LogP contribution in [0.25, 0.3) is 0 Å². The maximum Gasteiger partial charge on any atom is 0.167 e. The first-order chi connectivity index (χ1) is 6.86. The summed E-state index contributed by atoms with van der Waals surface area (Å²) < 4.78 is 5.14. The van der Waals surface area contributed by atoms with Gasteiger partial charge < -0.3 is 4.74 Å². The van der Waals surface area contributed by atoms with Gasteiger partial charge in [-0.3, -0.25) is 4.79 Å². The molecular weight excluding hydrogens is 196 g/mol. The van der Waals surface area contributed by atoms with Crippen LogP contribution in [0.15, 0.2) is 29.3 Å². The van der Waals surface area contributed by atoms with Gasteiger partial charge in [-0.1, -0.05) is 6.07 Å². The molecule has 0 aliphatic carbocycles. The van der Waals surface area contributed by atoms with Gasteiger partial charge in [0.05, 0.1) is 12.9 Å². The maximum absolute atomic E-state index is 11.7. The molecule has 0 amide bonds. The van der Waals surface area contributed by atoms with Gasteiger partial charge in [0.15, 0.2) is 5.78 Å². The minimum absolute atomic E-state index is 0.201. The summed E-state index contributed by atoms with van der Waals surface area (Å²) in [5.41, 5.74) is 0.838. The number of Topliss-reactive ketones (excluding diaryl/α,β-unsaturated/α-hetero) is 1. The Morgan fingerprint density at radius 3 is 3.14 bits per heavy atom. The summed E-state index contributed by atoms with van der Waals surface area (Å²) >= 11 is 1.63. The SMILES string of the molecule is O=C(Cc1cccs1)C1=COCCC1. The van der Waals surface area contributed by atoms with Crippen LogP contribution in [0.3, 0.4) is 0 Å². The highest BCUT2D eigenvalue weighted by Gasteiger charge is 2.13. The van der Waals surface area contributed by atoms with E-state index < -0.39 is 0 Å². The monoisotopic (exact) mass is 208 g/mol. The zero-order valence-electron chi connectivity index (χ0n) is 7.86. The number of ketones is 1. The lowest BCUT2D eigenvalue weighted by Gasteiger charge is -2.11. The van der Waals surface area contributed by atoms with Crippen molar-refractivity contribution >= 4 is 17.1 Å². The molecule has 1 aromatic heterocycles. The van der Waals surface area contributed by atoms with Crippen molar-refractivity contribution in [1.29, 1.82) is 0 Å². The molecule has 2 nitrogen and oxygen atoms in total. The maximum atomic E-state index is 11.7. The summed E-state index contributed by atoms with van der Waals surface area (Å²) in [5.74, 6) is 0.201. The standard InChI is InChI=1S/C11H12O2S/c12-11(7-10-4-2-6-14-10)9-3-1-5-13-8-9/h2,4,6,8H,1,3,5,7H2. The normalized spacial score (nSPS) is 15.9.